The molecule has 0 N–H and O–H groups in total. The van der Waals surface area contributed by atoms with E-state index < -0.39 is 35.0 Å². The predicted octanol–water partition coefficient (Wildman–Crippen LogP) is 7.50. The molecule has 240 valence electrons. The monoisotopic (exact) mass is 798 g/mol. The number of carbonyl (C=O) groups is 1. The van der Waals surface area contributed by atoms with Crippen LogP contribution in [0.4, 0.5) is 13.2 Å². The third kappa shape index (κ3) is 7.27. The van der Waals surface area contributed by atoms with Crippen LogP contribution in [-0.2, 0) is 16.1 Å². The first-order valence-electron chi connectivity index (χ1n) is 13.8. The fourth-order valence-corrected chi connectivity index (χ4v) is 6.73. The van der Waals surface area contributed by atoms with Gasteiger partial charge in [0.2, 0.25) is 0 Å². The second kappa shape index (κ2) is 14.2. The Bertz CT molecular complexity index is 1990. The summed E-state index contributed by atoms with van der Waals surface area (Å²) in [5.74, 6) is -0.382. The summed E-state index contributed by atoms with van der Waals surface area (Å²) in [4.78, 5) is 30.5. The number of hydrogen-bond donors (Lipinski definition) is 0. The van der Waals surface area contributed by atoms with Gasteiger partial charge in [-0.15, -0.1) is 0 Å². The fourth-order valence-electron chi connectivity index (χ4n) is 4.76. The first-order valence-corrected chi connectivity index (χ1v) is 16.6. The van der Waals surface area contributed by atoms with Crippen molar-refractivity contribution >= 4 is 66.8 Å². The molecule has 46 heavy (non-hydrogen) atoms. The zero-order valence-electron chi connectivity index (χ0n) is 24.2. The van der Waals surface area contributed by atoms with E-state index in [-0.39, 0.29) is 28.1 Å². The quantitative estimate of drug-likeness (QED) is 0.164. The maximum absolute atomic E-state index is 14.4. The molecular weight excluding hydrogens is 777 g/mol. The largest absolute Gasteiger partial charge is 0.490 e. The van der Waals surface area contributed by atoms with Crippen LogP contribution >= 0.6 is 54.8 Å². The number of halogens is 6. The van der Waals surface area contributed by atoms with Gasteiger partial charge >= 0.3 is 12.1 Å². The summed E-state index contributed by atoms with van der Waals surface area (Å²) >= 11 is 13.8. The number of allylic oxidation sites excluding steroid dienone is 1. The summed E-state index contributed by atoms with van der Waals surface area (Å²) in [6, 6.07) is 15.4. The van der Waals surface area contributed by atoms with E-state index in [1.807, 2.05) is 31.2 Å². The standard InChI is InChI=1S/C32H24Br2ClF3N2O5S/c1-3-43-23-14-18(13-22(34)27(23)45-16-17-5-9-20(33)10-6-17)15-24-29(41)40-26(19-7-11-21(35)12-8-19)25(30(42)44-4-2)28(32(36,37)38)39-31(40)46-24/h5-15,26H,3-4,16H2,1-2H3/b24-15-/t26-/m0/s1. The number of esters is 1. The highest BCUT2D eigenvalue weighted by Crippen LogP contribution is 2.39. The molecule has 0 saturated carbocycles. The van der Waals surface area contributed by atoms with Crippen molar-refractivity contribution in [3.63, 3.8) is 0 Å². The first kappa shape index (κ1) is 34.0. The van der Waals surface area contributed by atoms with Gasteiger partial charge in [-0.2, -0.15) is 13.2 Å². The Morgan fingerprint density at radius 1 is 1.04 bits per heavy atom. The minimum atomic E-state index is -5.01. The Labute approximate surface area is 286 Å². The second-order valence-corrected chi connectivity index (χ2v) is 13.0. The number of ether oxygens (including phenoxy) is 3. The second-order valence-electron chi connectivity index (χ2n) is 9.79. The lowest BCUT2D eigenvalue weighted by atomic mass is 9.95. The van der Waals surface area contributed by atoms with Crippen molar-refractivity contribution in [1.82, 2.24) is 4.57 Å². The van der Waals surface area contributed by atoms with Crippen LogP contribution in [0.3, 0.4) is 0 Å². The number of aromatic nitrogens is 1. The molecule has 5 rings (SSSR count). The lowest BCUT2D eigenvalue weighted by Gasteiger charge is -2.26. The van der Waals surface area contributed by atoms with Crippen molar-refractivity contribution in [2.75, 3.05) is 13.2 Å². The van der Waals surface area contributed by atoms with Crippen LogP contribution in [0.5, 0.6) is 11.5 Å². The molecule has 0 unspecified atom stereocenters. The van der Waals surface area contributed by atoms with Crippen molar-refractivity contribution < 1.29 is 32.2 Å². The highest BCUT2D eigenvalue weighted by molar-refractivity contribution is 9.10. The van der Waals surface area contributed by atoms with Gasteiger partial charge in [-0.3, -0.25) is 9.36 Å². The number of carbonyl (C=O) groups excluding carboxylic acids is 1. The zero-order chi connectivity index (χ0) is 33.2. The number of hydrogen-bond acceptors (Lipinski definition) is 7. The molecule has 0 bridgehead atoms. The van der Waals surface area contributed by atoms with Crippen molar-refractivity contribution in [2.24, 2.45) is 4.99 Å². The summed E-state index contributed by atoms with van der Waals surface area (Å²) in [6.45, 7) is 3.70. The SMILES string of the molecule is CCOC(=O)C1=C(C(F)(F)F)N=c2s/c(=C\c3cc(Br)c(OCc4ccc(Br)cc4)c(OCC)c3)c(=O)n2[C@H]1c1ccc(Cl)cc1. The molecule has 1 aliphatic heterocycles. The van der Waals surface area contributed by atoms with Crippen LogP contribution in [0.25, 0.3) is 6.08 Å². The molecule has 14 heteroatoms. The molecular formula is C32H24Br2ClF3N2O5S. The zero-order valence-corrected chi connectivity index (χ0v) is 28.9. The number of thiazole rings is 1. The van der Waals surface area contributed by atoms with Crippen LogP contribution in [0.15, 0.2) is 90.7 Å². The number of rotatable bonds is 9. The Morgan fingerprint density at radius 2 is 1.74 bits per heavy atom. The molecule has 2 heterocycles. The van der Waals surface area contributed by atoms with Gasteiger partial charge in [0.05, 0.1) is 33.8 Å². The number of nitrogens with zero attached hydrogens (tertiary/aromatic N) is 2. The van der Waals surface area contributed by atoms with E-state index in [0.717, 1.165) is 25.9 Å². The molecule has 7 nitrogen and oxygen atoms in total. The summed E-state index contributed by atoms with van der Waals surface area (Å²) in [5.41, 5.74) is -1.18. The minimum Gasteiger partial charge on any atom is -0.490 e. The summed E-state index contributed by atoms with van der Waals surface area (Å²) in [5, 5.41) is 0.328. The van der Waals surface area contributed by atoms with E-state index >= 15 is 0 Å². The Hall–Kier alpha value is -3.39. The van der Waals surface area contributed by atoms with Crippen molar-refractivity contribution in [2.45, 2.75) is 32.7 Å². The normalized spacial score (nSPS) is 15.0. The van der Waals surface area contributed by atoms with E-state index in [2.05, 4.69) is 36.9 Å². The first-order chi connectivity index (χ1) is 21.9. The van der Waals surface area contributed by atoms with Gasteiger partial charge in [0, 0.05) is 9.50 Å². The maximum Gasteiger partial charge on any atom is 0.434 e. The summed E-state index contributed by atoms with van der Waals surface area (Å²) < 4.78 is 62.7. The van der Waals surface area contributed by atoms with Crippen molar-refractivity contribution in [1.29, 1.82) is 0 Å². The predicted molar refractivity (Wildman–Crippen MR) is 176 cm³/mol. The lowest BCUT2D eigenvalue weighted by molar-refractivity contribution is -0.140. The van der Waals surface area contributed by atoms with Gasteiger partial charge in [-0.25, -0.2) is 9.79 Å². The van der Waals surface area contributed by atoms with Gasteiger partial charge in [0.25, 0.3) is 5.56 Å². The van der Waals surface area contributed by atoms with Gasteiger partial charge in [-0.1, -0.05) is 63.1 Å². The Morgan fingerprint density at radius 3 is 2.37 bits per heavy atom. The van der Waals surface area contributed by atoms with Crippen LogP contribution < -0.4 is 24.4 Å². The van der Waals surface area contributed by atoms with Crippen LogP contribution in [-0.4, -0.2) is 29.9 Å². The molecule has 0 amide bonds. The Kier molecular flexibility index (Phi) is 10.5. The average molecular weight is 801 g/mol. The van der Waals surface area contributed by atoms with Crippen LogP contribution in [0, 0.1) is 0 Å². The van der Waals surface area contributed by atoms with Crippen molar-refractivity contribution in [3.05, 3.63) is 122 Å². The minimum absolute atomic E-state index is 0.0854. The van der Waals surface area contributed by atoms with Gasteiger partial charge in [0.1, 0.15) is 6.61 Å². The molecule has 0 fully saturated rings. The molecule has 1 atom stereocenters. The van der Waals surface area contributed by atoms with Crippen LogP contribution in [0.2, 0.25) is 5.02 Å². The summed E-state index contributed by atoms with van der Waals surface area (Å²) in [7, 11) is 0. The highest BCUT2D eigenvalue weighted by atomic mass is 79.9. The van der Waals surface area contributed by atoms with E-state index in [9.17, 15) is 22.8 Å². The fraction of sp³-hybridized carbons (Fsp3) is 0.219. The average Bonchev–Trinajstić information content (AvgIpc) is 3.31. The molecule has 4 aromatic rings. The summed E-state index contributed by atoms with van der Waals surface area (Å²) in [6.07, 6.45) is -3.49. The maximum atomic E-state index is 14.4. The molecule has 0 aliphatic carbocycles. The molecule has 1 aromatic heterocycles. The third-order valence-electron chi connectivity index (χ3n) is 6.71. The van der Waals surface area contributed by atoms with Crippen molar-refractivity contribution in [3.8, 4) is 11.5 Å². The number of alkyl halides is 3. The highest BCUT2D eigenvalue weighted by Gasteiger charge is 2.45. The molecule has 0 saturated heterocycles. The van der Waals surface area contributed by atoms with Gasteiger partial charge in [-0.05, 0) is 88.9 Å². The number of fused-ring (bicyclic) bond motifs is 1. The molecule has 0 spiro atoms. The molecule has 0 radical (unpaired) electrons. The van der Waals surface area contributed by atoms with E-state index in [4.69, 9.17) is 25.8 Å². The van der Waals surface area contributed by atoms with E-state index in [1.165, 1.54) is 37.3 Å². The molecule has 1 aliphatic rings. The topological polar surface area (TPSA) is 79.1 Å². The number of benzene rings is 3. The molecule has 3 aromatic carbocycles. The smallest absolute Gasteiger partial charge is 0.434 e. The Balaban J connectivity index is 1.64. The van der Waals surface area contributed by atoms with Crippen LogP contribution in [0.1, 0.15) is 36.6 Å². The van der Waals surface area contributed by atoms with E-state index in [1.54, 1.807) is 12.1 Å². The third-order valence-corrected chi connectivity index (χ3v) is 9.06. The van der Waals surface area contributed by atoms with Gasteiger partial charge in [0.15, 0.2) is 22.0 Å². The van der Waals surface area contributed by atoms with Gasteiger partial charge < -0.3 is 14.2 Å². The van der Waals surface area contributed by atoms with E-state index in [0.29, 0.717) is 33.2 Å². The lowest BCUT2D eigenvalue weighted by Crippen LogP contribution is -2.41.